The summed E-state index contributed by atoms with van der Waals surface area (Å²) >= 11 is 0. The maximum absolute atomic E-state index is 11.1. The van der Waals surface area contributed by atoms with Crippen molar-refractivity contribution in [1.82, 2.24) is 4.90 Å². The molecule has 0 radical (unpaired) electrons. The summed E-state index contributed by atoms with van der Waals surface area (Å²) < 4.78 is 4.79. The standard InChI is InChI=1S/C10H19NO3/c1-3-8(4-2)9(12)7-11-5-6-14-10(11)13/h8-9,12H,3-7H2,1-2H3. The molecule has 1 atom stereocenters. The number of carbonyl (C=O) groups excluding carboxylic acids is 1. The lowest BCUT2D eigenvalue weighted by Gasteiger charge is -2.23. The van der Waals surface area contributed by atoms with Gasteiger partial charge in [-0.1, -0.05) is 26.7 Å². The second-order valence-electron chi connectivity index (χ2n) is 3.70. The minimum atomic E-state index is -0.421. The first-order chi connectivity index (χ1) is 6.69. The smallest absolute Gasteiger partial charge is 0.410 e. The average molecular weight is 201 g/mol. The topological polar surface area (TPSA) is 49.8 Å². The van der Waals surface area contributed by atoms with Gasteiger partial charge in [0, 0.05) is 0 Å². The summed E-state index contributed by atoms with van der Waals surface area (Å²) in [5.74, 6) is 0.281. The first-order valence-corrected chi connectivity index (χ1v) is 5.28. The predicted molar refractivity (Wildman–Crippen MR) is 53.0 cm³/mol. The lowest BCUT2D eigenvalue weighted by molar-refractivity contribution is 0.0714. The SMILES string of the molecule is CCC(CC)C(O)CN1CCOC1=O. The molecule has 1 fully saturated rings. The number of hydrogen-bond acceptors (Lipinski definition) is 3. The van der Waals surface area contributed by atoms with Gasteiger partial charge in [-0.25, -0.2) is 4.79 Å². The highest BCUT2D eigenvalue weighted by Gasteiger charge is 2.26. The molecule has 1 aliphatic rings. The zero-order chi connectivity index (χ0) is 10.6. The summed E-state index contributed by atoms with van der Waals surface area (Å²) in [6.45, 7) is 5.58. The molecule has 0 spiro atoms. The van der Waals surface area contributed by atoms with Crippen LogP contribution in [0.2, 0.25) is 0 Å². The van der Waals surface area contributed by atoms with Gasteiger partial charge in [-0.2, -0.15) is 0 Å². The summed E-state index contributed by atoms with van der Waals surface area (Å²) in [6.07, 6.45) is 1.17. The van der Waals surface area contributed by atoms with Crippen molar-refractivity contribution < 1.29 is 14.6 Å². The van der Waals surface area contributed by atoms with Crippen molar-refractivity contribution in [2.24, 2.45) is 5.92 Å². The minimum absolute atomic E-state index is 0.281. The Kier molecular flexibility index (Phi) is 4.20. The highest BCUT2D eigenvalue weighted by atomic mass is 16.6. The van der Waals surface area contributed by atoms with Gasteiger partial charge in [-0.3, -0.25) is 0 Å². The van der Waals surface area contributed by atoms with Crippen LogP contribution in [0.4, 0.5) is 4.79 Å². The van der Waals surface area contributed by atoms with Gasteiger partial charge in [0.2, 0.25) is 0 Å². The van der Waals surface area contributed by atoms with Crippen LogP contribution in [-0.2, 0) is 4.74 Å². The molecule has 1 amide bonds. The quantitative estimate of drug-likeness (QED) is 0.728. The Morgan fingerprint density at radius 2 is 2.14 bits per heavy atom. The number of aliphatic hydroxyl groups is 1. The lowest BCUT2D eigenvalue weighted by atomic mass is 9.96. The number of nitrogens with zero attached hydrogens (tertiary/aromatic N) is 1. The van der Waals surface area contributed by atoms with Crippen molar-refractivity contribution >= 4 is 6.09 Å². The normalized spacial score (nSPS) is 18.9. The van der Waals surface area contributed by atoms with E-state index in [0.717, 1.165) is 12.8 Å². The molecule has 1 heterocycles. The third kappa shape index (κ3) is 2.61. The van der Waals surface area contributed by atoms with E-state index < -0.39 is 6.10 Å². The molecule has 14 heavy (non-hydrogen) atoms. The fourth-order valence-electron chi connectivity index (χ4n) is 1.80. The monoisotopic (exact) mass is 201 g/mol. The van der Waals surface area contributed by atoms with E-state index in [4.69, 9.17) is 4.74 Å². The molecule has 0 aromatic rings. The Balaban J connectivity index is 2.38. The number of cyclic esters (lactones) is 1. The maximum Gasteiger partial charge on any atom is 0.410 e. The number of carbonyl (C=O) groups is 1. The van der Waals surface area contributed by atoms with E-state index in [9.17, 15) is 9.90 Å². The maximum atomic E-state index is 11.1. The van der Waals surface area contributed by atoms with E-state index in [0.29, 0.717) is 19.7 Å². The highest BCUT2D eigenvalue weighted by Crippen LogP contribution is 2.15. The van der Waals surface area contributed by atoms with Gasteiger partial charge < -0.3 is 14.7 Å². The van der Waals surface area contributed by atoms with Gasteiger partial charge in [0.15, 0.2) is 0 Å². The molecule has 0 aliphatic carbocycles. The van der Waals surface area contributed by atoms with E-state index in [-0.39, 0.29) is 12.0 Å². The van der Waals surface area contributed by atoms with Crippen LogP contribution in [0.3, 0.4) is 0 Å². The molecule has 1 saturated heterocycles. The number of hydrogen-bond donors (Lipinski definition) is 1. The van der Waals surface area contributed by atoms with Gasteiger partial charge in [-0.15, -0.1) is 0 Å². The Morgan fingerprint density at radius 1 is 1.50 bits per heavy atom. The minimum Gasteiger partial charge on any atom is -0.448 e. The van der Waals surface area contributed by atoms with E-state index in [2.05, 4.69) is 13.8 Å². The van der Waals surface area contributed by atoms with Crippen molar-refractivity contribution in [1.29, 1.82) is 0 Å². The number of rotatable bonds is 5. The van der Waals surface area contributed by atoms with Crippen LogP contribution in [0.5, 0.6) is 0 Å². The molecule has 1 rings (SSSR count). The lowest BCUT2D eigenvalue weighted by Crippen LogP contribution is -2.36. The van der Waals surface area contributed by atoms with Gasteiger partial charge in [0.25, 0.3) is 0 Å². The van der Waals surface area contributed by atoms with Crippen LogP contribution in [0.1, 0.15) is 26.7 Å². The van der Waals surface area contributed by atoms with Crippen LogP contribution < -0.4 is 0 Å². The molecule has 82 valence electrons. The molecule has 1 aliphatic heterocycles. The molecule has 4 nitrogen and oxygen atoms in total. The first kappa shape index (κ1) is 11.3. The summed E-state index contributed by atoms with van der Waals surface area (Å²) in [5, 5.41) is 9.84. The Hall–Kier alpha value is -0.770. The van der Waals surface area contributed by atoms with Crippen molar-refractivity contribution in [3.8, 4) is 0 Å². The molecule has 0 saturated carbocycles. The molecule has 0 bridgehead atoms. The fraction of sp³-hybridized carbons (Fsp3) is 0.900. The average Bonchev–Trinajstić information content (AvgIpc) is 2.54. The molecular weight excluding hydrogens is 182 g/mol. The Bertz CT molecular complexity index is 192. The van der Waals surface area contributed by atoms with Crippen LogP contribution >= 0.6 is 0 Å². The Morgan fingerprint density at radius 3 is 2.57 bits per heavy atom. The second kappa shape index (κ2) is 5.20. The third-order valence-corrected chi connectivity index (χ3v) is 2.85. The number of ether oxygens (including phenoxy) is 1. The van der Waals surface area contributed by atoms with E-state index in [1.54, 1.807) is 4.90 Å². The van der Waals surface area contributed by atoms with Crippen LogP contribution in [0.25, 0.3) is 0 Å². The number of amides is 1. The Labute approximate surface area is 84.8 Å². The summed E-state index contributed by atoms with van der Waals surface area (Å²) in [7, 11) is 0. The van der Waals surface area contributed by atoms with Crippen LogP contribution in [0.15, 0.2) is 0 Å². The summed E-state index contributed by atoms with van der Waals surface area (Å²) in [4.78, 5) is 12.7. The van der Waals surface area contributed by atoms with Gasteiger partial charge >= 0.3 is 6.09 Å². The molecule has 0 aromatic carbocycles. The van der Waals surface area contributed by atoms with E-state index in [1.165, 1.54) is 0 Å². The van der Waals surface area contributed by atoms with Gasteiger partial charge in [0.05, 0.1) is 19.2 Å². The molecule has 1 unspecified atom stereocenters. The van der Waals surface area contributed by atoms with Gasteiger partial charge in [0.1, 0.15) is 6.61 Å². The highest BCUT2D eigenvalue weighted by molar-refractivity contribution is 5.69. The first-order valence-electron chi connectivity index (χ1n) is 5.28. The van der Waals surface area contributed by atoms with E-state index >= 15 is 0 Å². The number of β-amino-alcohol motifs (C(OH)–C–C–N with tert-alkyl or cyclic N) is 1. The number of aliphatic hydroxyl groups excluding tert-OH is 1. The predicted octanol–water partition coefficient (Wildman–Crippen LogP) is 1.24. The van der Waals surface area contributed by atoms with Crippen molar-refractivity contribution in [2.45, 2.75) is 32.8 Å². The second-order valence-corrected chi connectivity index (χ2v) is 3.70. The summed E-state index contributed by atoms with van der Waals surface area (Å²) in [6, 6.07) is 0. The third-order valence-electron chi connectivity index (χ3n) is 2.85. The van der Waals surface area contributed by atoms with Gasteiger partial charge in [-0.05, 0) is 5.92 Å². The van der Waals surface area contributed by atoms with E-state index in [1.807, 2.05) is 0 Å². The van der Waals surface area contributed by atoms with Crippen molar-refractivity contribution in [3.05, 3.63) is 0 Å². The van der Waals surface area contributed by atoms with Crippen LogP contribution in [-0.4, -0.2) is 41.9 Å². The van der Waals surface area contributed by atoms with Crippen LogP contribution in [0, 0.1) is 5.92 Å². The molecule has 4 heteroatoms. The van der Waals surface area contributed by atoms with Crippen molar-refractivity contribution in [2.75, 3.05) is 19.7 Å². The van der Waals surface area contributed by atoms with Crippen molar-refractivity contribution in [3.63, 3.8) is 0 Å². The zero-order valence-electron chi connectivity index (χ0n) is 8.90. The molecule has 1 N–H and O–H groups in total. The summed E-state index contributed by atoms with van der Waals surface area (Å²) in [5.41, 5.74) is 0. The molecule has 0 aromatic heterocycles. The molecular formula is C10H19NO3. The fourth-order valence-corrected chi connectivity index (χ4v) is 1.80. The zero-order valence-corrected chi connectivity index (χ0v) is 8.90. The largest absolute Gasteiger partial charge is 0.448 e.